The molecule has 1 saturated carbocycles. The molecule has 0 bridgehead atoms. The Bertz CT molecular complexity index is 678. The second-order valence-electron chi connectivity index (χ2n) is 7.27. The molecule has 4 atom stereocenters. The van der Waals surface area contributed by atoms with E-state index >= 15 is 0 Å². The third-order valence-corrected chi connectivity index (χ3v) is 5.54. The first-order valence-electron chi connectivity index (χ1n) is 8.47. The molecule has 2 aromatic heterocycles. The Morgan fingerprint density at radius 1 is 1.26 bits per heavy atom. The maximum atomic E-state index is 10.6. The highest BCUT2D eigenvalue weighted by atomic mass is 16.3. The molecule has 6 nitrogen and oxygen atoms in total. The van der Waals surface area contributed by atoms with E-state index in [1.807, 2.05) is 37.2 Å². The molecule has 0 radical (unpaired) electrons. The molecule has 0 unspecified atom stereocenters. The standard InChI is InChI=1S/C17H25N5O/c1-12-7-19-22(8-12)15-5-13-9-21(10-14(13)6-16(15)23)11-17-18-3-4-20(17)2/h3-4,7-8,13-16,23H,5-6,9-11H2,1-2H3/t13-,14+,15-,16-/m0/s1. The topological polar surface area (TPSA) is 59.1 Å². The van der Waals surface area contributed by atoms with Gasteiger partial charge in [-0.3, -0.25) is 9.58 Å². The average Bonchev–Trinajstić information content (AvgIpc) is 3.20. The zero-order valence-corrected chi connectivity index (χ0v) is 13.8. The van der Waals surface area contributed by atoms with E-state index < -0.39 is 0 Å². The Balaban J connectivity index is 1.44. The van der Waals surface area contributed by atoms with E-state index in [2.05, 4.69) is 25.7 Å². The van der Waals surface area contributed by atoms with Gasteiger partial charge in [0, 0.05) is 38.7 Å². The molecule has 1 saturated heterocycles. The highest BCUT2D eigenvalue weighted by Crippen LogP contribution is 2.41. The lowest BCUT2D eigenvalue weighted by Crippen LogP contribution is -2.36. The maximum Gasteiger partial charge on any atom is 0.122 e. The summed E-state index contributed by atoms with van der Waals surface area (Å²) in [5.41, 5.74) is 1.15. The summed E-state index contributed by atoms with van der Waals surface area (Å²) in [4.78, 5) is 6.92. The minimum Gasteiger partial charge on any atom is -0.391 e. The Morgan fingerprint density at radius 3 is 2.70 bits per heavy atom. The molecule has 124 valence electrons. The van der Waals surface area contributed by atoms with Crippen molar-refractivity contribution in [1.82, 2.24) is 24.2 Å². The van der Waals surface area contributed by atoms with Gasteiger partial charge in [-0.05, 0) is 37.2 Å². The van der Waals surface area contributed by atoms with Crippen molar-refractivity contribution in [2.75, 3.05) is 13.1 Å². The summed E-state index contributed by atoms with van der Waals surface area (Å²) in [7, 11) is 2.05. The largest absolute Gasteiger partial charge is 0.391 e. The van der Waals surface area contributed by atoms with E-state index in [4.69, 9.17) is 0 Å². The van der Waals surface area contributed by atoms with E-state index in [1.165, 1.54) is 0 Å². The van der Waals surface area contributed by atoms with Gasteiger partial charge in [0.25, 0.3) is 0 Å². The summed E-state index contributed by atoms with van der Waals surface area (Å²) in [6.07, 6.45) is 9.39. The smallest absolute Gasteiger partial charge is 0.122 e. The lowest BCUT2D eigenvalue weighted by atomic mass is 9.77. The van der Waals surface area contributed by atoms with Crippen molar-refractivity contribution >= 4 is 0 Å². The molecule has 23 heavy (non-hydrogen) atoms. The lowest BCUT2D eigenvalue weighted by molar-refractivity contribution is 0.0306. The summed E-state index contributed by atoms with van der Waals surface area (Å²) < 4.78 is 4.06. The molecule has 2 aromatic rings. The number of likely N-dealkylation sites (tertiary alicyclic amines) is 1. The van der Waals surface area contributed by atoms with Crippen molar-refractivity contribution in [2.45, 2.75) is 38.5 Å². The van der Waals surface area contributed by atoms with E-state index in [0.717, 1.165) is 43.9 Å². The quantitative estimate of drug-likeness (QED) is 0.929. The fraction of sp³-hybridized carbons (Fsp3) is 0.647. The molecule has 0 amide bonds. The van der Waals surface area contributed by atoms with Crippen LogP contribution in [0.1, 0.15) is 30.3 Å². The predicted molar refractivity (Wildman–Crippen MR) is 86.7 cm³/mol. The van der Waals surface area contributed by atoms with Crippen LogP contribution in [0, 0.1) is 18.8 Å². The van der Waals surface area contributed by atoms with Gasteiger partial charge in [-0.15, -0.1) is 0 Å². The summed E-state index contributed by atoms with van der Waals surface area (Å²) in [5.74, 6) is 2.36. The fourth-order valence-corrected chi connectivity index (χ4v) is 4.28. The zero-order valence-electron chi connectivity index (χ0n) is 13.8. The van der Waals surface area contributed by atoms with Gasteiger partial charge in [-0.1, -0.05) is 0 Å². The van der Waals surface area contributed by atoms with E-state index in [1.54, 1.807) is 0 Å². The number of rotatable bonds is 3. The van der Waals surface area contributed by atoms with Gasteiger partial charge in [-0.25, -0.2) is 4.98 Å². The van der Waals surface area contributed by atoms with Gasteiger partial charge < -0.3 is 9.67 Å². The Morgan fingerprint density at radius 2 is 2.04 bits per heavy atom. The Hall–Kier alpha value is -1.66. The first kappa shape index (κ1) is 14.9. The summed E-state index contributed by atoms with van der Waals surface area (Å²) >= 11 is 0. The van der Waals surface area contributed by atoms with Crippen molar-refractivity contribution in [3.8, 4) is 0 Å². The molecule has 1 aliphatic heterocycles. The van der Waals surface area contributed by atoms with Crippen molar-refractivity contribution in [1.29, 1.82) is 0 Å². The van der Waals surface area contributed by atoms with Gasteiger partial charge in [0.15, 0.2) is 0 Å². The highest BCUT2D eigenvalue weighted by Gasteiger charge is 2.42. The number of hydrogen-bond acceptors (Lipinski definition) is 4. The van der Waals surface area contributed by atoms with Crippen LogP contribution in [0.2, 0.25) is 0 Å². The van der Waals surface area contributed by atoms with Crippen LogP contribution in [-0.2, 0) is 13.6 Å². The molecule has 4 rings (SSSR count). The number of fused-ring (bicyclic) bond motifs is 1. The normalized spacial score (nSPS) is 31.4. The molecule has 1 aliphatic carbocycles. The van der Waals surface area contributed by atoms with E-state index in [0.29, 0.717) is 11.8 Å². The van der Waals surface area contributed by atoms with Gasteiger partial charge in [0.1, 0.15) is 5.82 Å². The number of nitrogens with zero attached hydrogens (tertiary/aromatic N) is 5. The molecular formula is C17H25N5O. The van der Waals surface area contributed by atoms with Crippen LogP contribution < -0.4 is 0 Å². The van der Waals surface area contributed by atoms with Crippen LogP contribution in [-0.4, -0.2) is 48.5 Å². The first-order chi connectivity index (χ1) is 11.1. The summed E-state index contributed by atoms with van der Waals surface area (Å²) in [5, 5.41) is 15.0. The molecule has 2 aliphatic rings. The van der Waals surface area contributed by atoms with Gasteiger partial charge in [-0.2, -0.15) is 5.10 Å². The van der Waals surface area contributed by atoms with Crippen molar-refractivity contribution in [2.24, 2.45) is 18.9 Å². The van der Waals surface area contributed by atoms with Crippen molar-refractivity contribution in [3.63, 3.8) is 0 Å². The van der Waals surface area contributed by atoms with Crippen LogP contribution in [0.25, 0.3) is 0 Å². The monoisotopic (exact) mass is 315 g/mol. The number of hydrogen-bond donors (Lipinski definition) is 1. The number of aromatic nitrogens is 4. The number of aliphatic hydroxyl groups excluding tert-OH is 1. The van der Waals surface area contributed by atoms with Crippen molar-refractivity contribution < 1.29 is 5.11 Å². The predicted octanol–water partition coefficient (Wildman–Crippen LogP) is 1.37. The molecule has 3 heterocycles. The van der Waals surface area contributed by atoms with E-state index in [9.17, 15) is 5.11 Å². The SMILES string of the molecule is Cc1cnn([C@H]2C[C@H]3CN(Cc4nccn4C)C[C@H]3C[C@@H]2O)c1. The molecule has 0 aromatic carbocycles. The van der Waals surface area contributed by atoms with Gasteiger partial charge in [0.2, 0.25) is 0 Å². The maximum absolute atomic E-state index is 10.6. The second-order valence-corrected chi connectivity index (χ2v) is 7.27. The zero-order chi connectivity index (χ0) is 16.0. The minimum atomic E-state index is -0.288. The molecular weight excluding hydrogens is 290 g/mol. The van der Waals surface area contributed by atoms with Gasteiger partial charge in [0.05, 0.1) is 24.9 Å². The highest BCUT2D eigenvalue weighted by molar-refractivity contribution is 5.03. The Kier molecular flexibility index (Phi) is 3.73. The summed E-state index contributed by atoms with van der Waals surface area (Å²) in [6, 6.07) is 0.123. The fourth-order valence-electron chi connectivity index (χ4n) is 4.28. The average molecular weight is 315 g/mol. The van der Waals surface area contributed by atoms with Crippen LogP contribution in [0.15, 0.2) is 24.8 Å². The van der Waals surface area contributed by atoms with Crippen LogP contribution in [0.5, 0.6) is 0 Å². The molecule has 6 heteroatoms. The number of aryl methyl sites for hydroxylation is 2. The van der Waals surface area contributed by atoms with Crippen molar-refractivity contribution in [3.05, 3.63) is 36.2 Å². The Labute approximate surface area is 136 Å². The summed E-state index contributed by atoms with van der Waals surface area (Å²) in [6.45, 7) is 5.12. The number of imidazole rings is 1. The van der Waals surface area contributed by atoms with E-state index in [-0.39, 0.29) is 12.1 Å². The third kappa shape index (κ3) is 2.81. The molecule has 2 fully saturated rings. The van der Waals surface area contributed by atoms with Crippen LogP contribution in [0.4, 0.5) is 0 Å². The molecule has 1 N–H and O–H groups in total. The third-order valence-electron chi connectivity index (χ3n) is 5.54. The van der Waals surface area contributed by atoms with Gasteiger partial charge >= 0.3 is 0 Å². The number of aliphatic hydroxyl groups is 1. The lowest BCUT2D eigenvalue weighted by Gasteiger charge is -2.35. The second kappa shape index (κ2) is 5.76. The van der Waals surface area contributed by atoms with Crippen LogP contribution in [0.3, 0.4) is 0 Å². The minimum absolute atomic E-state index is 0.123. The first-order valence-corrected chi connectivity index (χ1v) is 8.47. The molecule has 0 spiro atoms. The van der Waals surface area contributed by atoms with Crippen LogP contribution >= 0.6 is 0 Å².